The summed E-state index contributed by atoms with van der Waals surface area (Å²) >= 11 is 0. The van der Waals surface area contributed by atoms with Crippen molar-refractivity contribution < 1.29 is 0 Å². The molecule has 0 unspecified atom stereocenters. The van der Waals surface area contributed by atoms with Gasteiger partial charge in [0, 0.05) is 18.6 Å². The van der Waals surface area contributed by atoms with E-state index in [0.29, 0.717) is 0 Å². The Labute approximate surface area is 150 Å². The molecule has 0 amide bonds. The maximum atomic E-state index is 10.2. The summed E-state index contributed by atoms with van der Waals surface area (Å²) < 4.78 is 0. The van der Waals surface area contributed by atoms with Gasteiger partial charge >= 0.3 is 0 Å². The Balaban J connectivity index is 1.66. The Morgan fingerprint density at radius 1 is 0.880 bits per heavy atom. The van der Waals surface area contributed by atoms with Crippen LogP contribution in [0.3, 0.4) is 0 Å². The molecule has 2 aliphatic heterocycles. The summed E-state index contributed by atoms with van der Waals surface area (Å²) in [4.78, 5) is 2.63. The Bertz CT molecular complexity index is 713. The number of nitriles is 1. The van der Waals surface area contributed by atoms with Crippen LogP contribution in [0, 0.1) is 11.3 Å². The van der Waals surface area contributed by atoms with Crippen LogP contribution in [0.25, 0.3) is 0 Å². The third-order valence-corrected chi connectivity index (χ3v) is 5.92. The molecule has 0 atom stereocenters. The van der Waals surface area contributed by atoms with Crippen LogP contribution in [0.2, 0.25) is 0 Å². The van der Waals surface area contributed by atoms with Crippen molar-refractivity contribution in [3.8, 4) is 6.07 Å². The first-order valence-corrected chi connectivity index (χ1v) is 9.29. The zero-order chi connectivity index (χ0) is 17.1. The van der Waals surface area contributed by atoms with Crippen molar-refractivity contribution in [3.05, 3.63) is 83.9 Å². The fraction of sp³-hybridized carbons (Fsp3) is 0.348. The van der Waals surface area contributed by atoms with Gasteiger partial charge in [-0.25, -0.2) is 0 Å². The second-order valence-electron chi connectivity index (χ2n) is 7.21. The lowest BCUT2D eigenvalue weighted by Crippen LogP contribution is -2.29. The molecule has 126 valence electrons. The number of hydrogen-bond acceptors (Lipinski definition) is 2. The van der Waals surface area contributed by atoms with E-state index in [0.717, 1.165) is 29.8 Å². The average molecular weight is 328 g/mol. The highest BCUT2D eigenvalue weighted by Crippen LogP contribution is 2.38. The predicted molar refractivity (Wildman–Crippen MR) is 101 cm³/mol. The summed E-state index contributed by atoms with van der Waals surface area (Å²) in [6.07, 6.45) is 9.73. The fourth-order valence-electron chi connectivity index (χ4n) is 4.60. The molecule has 2 aromatic rings. The van der Waals surface area contributed by atoms with E-state index in [-0.39, 0.29) is 0 Å². The molecule has 0 aliphatic carbocycles. The fourth-order valence-corrected chi connectivity index (χ4v) is 4.60. The Morgan fingerprint density at radius 2 is 1.36 bits per heavy atom. The Kier molecular flexibility index (Phi) is 4.42. The summed E-state index contributed by atoms with van der Waals surface area (Å²) in [5.74, 6) is 0. The van der Waals surface area contributed by atoms with Crippen molar-refractivity contribution >= 4 is 0 Å². The quantitative estimate of drug-likeness (QED) is 0.745. The predicted octanol–water partition coefficient (Wildman–Crippen LogP) is 4.68. The molecule has 2 aromatic carbocycles. The summed E-state index contributed by atoms with van der Waals surface area (Å²) in [5.41, 5.74) is 1.34. The minimum atomic E-state index is -0.721. The largest absolute Gasteiger partial charge is 0.294 e. The molecule has 0 aromatic heterocycles. The van der Waals surface area contributed by atoms with Gasteiger partial charge in [-0.2, -0.15) is 5.26 Å². The number of allylic oxidation sites excluding steroid dienone is 1. The van der Waals surface area contributed by atoms with E-state index in [1.165, 1.54) is 25.7 Å². The second-order valence-corrected chi connectivity index (χ2v) is 7.21. The molecule has 0 N–H and O–H groups in total. The topological polar surface area (TPSA) is 27.0 Å². The zero-order valence-electron chi connectivity index (χ0n) is 14.5. The lowest BCUT2D eigenvalue weighted by atomic mass is 9.75. The van der Waals surface area contributed by atoms with E-state index in [4.69, 9.17) is 0 Å². The first kappa shape index (κ1) is 16.1. The molecule has 0 spiro atoms. The third-order valence-electron chi connectivity index (χ3n) is 5.92. The minimum Gasteiger partial charge on any atom is -0.294 e. The van der Waals surface area contributed by atoms with Gasteiger partial charge in [0.2, 0.25) is 0 Å². The number of rotatable bonds is 5. The van der Waals surface area contributed by atoms with E-state index in [1.807, 2.05) is 36.4 Å². The molecule has 2 bridgehead atoms. The van der Waals surface area contributed by atoms with E-state index >= 15 is 0 Å². The Morgan fingerprint density at radius 3 is 1.80 bits per heavy atom. The molecule has 2 heteroatoms. The number of nitrogens with zero attached hydrogens (tertiary/aromatic N) is 2. The average Bonchev–Trinajstić information content (AvgIpc) is 3.26. The van der Waals surface area contributed by atoms with E-state index < -0.39 is 5.41 Å². The van der Waals surface area contributed by atoms with Gasteiger partial charge in [0.15, 0.2) is 0 Å². The van der Waals surface area contributed by atoms with Gasteiger partial charge in [0.05, 0.1) is 6.07 Å². The number of benzene rings is 2. The van der Waals surface area contributed by atoms with Gasteiger partial charge < -0.3 is 0 Å². The zero-order valence-corrected chi connectivity index (χ0v) is 14.5. The molecule has 2 nitrogen and oxygen atoms in total. The standard InChI is InChI=1S/C23H24N2/c24-18-23(19-8-3-1-4-9-19,20-10-5-2-6-11-20)16-7-17-25-21-12-13-22(25)15-14-21/h1-11,16,21-22H,12-15,17H2/b16-7+. The van der Waals surface area contributed by atoms with Crippen LogP contribution < -0.4 is 0 Å². The molecule has 4 rings (SSSR count). The summed E-state index contributed by atoms with van der Waals surface area (Å²) in [5, 5.41) is 10.2. The number of fused-ring (bicyclic) bond motifs is 2. The molecule has 2 aliphatic rings. The molecular formula is C23H24N2. The summed E-state index contributed by atoms with van der Waals surface area (Å²) in [6, 6.07) is 24.4. The van der Waals surface area contributed by atoms with Crippen LogP contribution in [0.5, 0.6) is 0 Å². The van der Waals surface area contributed by atoms with Crippen LogP contribution in [-0.4, -0.2) is 23.5 Å². The first-order chi connectivity index (χ1) is 12.3. The van der Waals surface area contributed by atoms with Gasteiger partial charge in [0.25, 0.3) is 0 Å². The van der Waals surface area contributed by atoms with Crippen LogP contribution in [0.15, 0.2) is 72.8 Å². The van der Waals surface area contributed by atoms with Crippen molar-refractivity contribution in [1.82, 2.24) is 4.90 Å². The molecule has 2 fully saturated rings. The minimum absolute atomic E-state index is 0.721. The molecule has 2 saturated heterocycles. The van der Waals surface area contributed by atoms with Gasteiger partial charge in [0.1, 0.15) is 5.41 Å². The maximum absolute atomic E-state index is 10.2. The first-order valence-electron chi connectivity index (χ1n) is 9.29. The highest BCUT2D eigenvalue weighted by Gasteiger charge is 2.38. The van der Waals surface area contributed by atoms with E-state index in [1.54, 1.807) is 0 Å². The lowest BCUT2D eigenvalue weighted by Gasteiger charge is -2.25. The molecule has 0 radical (unpaired) electrons. The van der Waals surface area contributed by atoms with Crippen molar-refractivity contribution in [2.24, 2.45) is 0 Å². The van der Waals surface area contributed by atoms with Crippen molar-refractivity contribution in [2.45, 2.75) is 43.2 Å². The number of hydrogen-bond donors (Lipinski definition) is 0. The normalized spacial score (nSPS) is 23.2. The van der Waals surface area contributed by atoms with Gasteiger partial charge in [-0.05, 0) is 36.8 Å². The third kappa shape index (κ3) is 2.90. The van der Waals surface area contributed by atoms with Crippen molar-refractivity contribution in [1.29, 1.82) is 5.26 Å². The molecule has 0 saturated carbocycles. The van der Waals surface area contributed by atoms with E-state index in [2.05, 4.69) is 47.4 Å². The SMILES string of the molecule is N#CC(/C=C/CN1C2CCC1CC2)(c1ccccc1)c1ccccc1. The molecule has 25 heavy (non-hydrogen) atoms. The van der Waals surface area contributed by atoms with Crippen LogP contribution >= 0.6 is 0 Å². The van der Waals surface area contributed by atoms with Crippen molar-refractivity contribution in [2.75, 3.05) is 6.54 Å². The summed E-state index contributed by atoms with van der Waals surface area (Å²) in [6.45, 7) is 0.957. The van der Waals surface area contributed by atoms with Crippen LogP contribution in [0.1, 0.15) is 36.8 Å². The molecule has 2 heterocycles. The van der Waals surface area contributed by atoms with Gasteiger partial charge in [-0.1, -0.05) is 72.8 Å². The van der Waals surface area contributed by atoms with Crippen molar-refractivity contribution in [3.63, 3.8) is 0 Å². The monoisotopic (exact) mass is 328 g/mol. The Hall–Kier alpha value is -2.37. The van der Waals surface area contributed by atoms with Gasteiger partial charge in [-0.15, -0.1) is 0 Å². The second kappa shape index (κ2) is 6.86. The van der Waals surface area contributed by atoms with Gasteiger partial charge in [-0.3, -0.25) is 4.90 Å². The smallest absolute Gasteiger partial charge is 0.125 e. The lowest BCUT2D eigenvalue weighted by molar-refractivity contribution is 0.281. The summed E-state index contributed by atoms with van der Waals surface area (Å²) in [7, 11) is 0. The highest BCUT2D eigenvalue weighted by atomic mass is 15.2. The molecular weight excluding hydrogens is 304 g/mol. The van der Waals surface area contributed by atoms with Crippen LogP contribution in [0.4, 0.5) is 0 Å². The van der Waals surface area contributed by atoms with Crippen LogP contribution in [-0.2, 0) is 5.41 Å². The maximum Gasteiger partial charge on any atom is 0.125 e. The highest BCUT2D eigenvalue weighted by molar-refractivity contribution is 5.51. The van der Waals surface area contributed by atoms with E-state index in [9.17, 15) is 5.26 Å².